The number of urea groups is 1. The molecule has 0 aliphatic carbocycles. The number of benzene rings is 1. The lowest BCUT2D eigenvalue weighted by molar-refractivity contribution is 0.228. The van der Waals surface area contributed by atoms with E-state index in [1.807, 2.05) is 0 Å². The van der Waals surface area contributed by atoms with Gasteiger partial charge in [0.25, 0.3) is 0 Å². The van der Waals surface area contributed by atoms with Crippen LogP contribution in [0.5, 0.6) is 0 Å². The number of hydrogen-bond acceptors (Lipinski definition) is 2. The Morgan fingerprint density at radius 1 is 1.44 bits per heavy atom. The van der Waals surface area contributed by atoms with Gasteiger partial charge in [-0.2, -0.15) is 0 Å². The first-order chi connectivity index (χ1) is 7.54. The molecule has 0 radical (unpaired) electrons. The molecule has 0 heterocycles. The van der Waals surface area contributed by atoms with Gasteiger partial charge in [-0.3, -0.25) is 4.90 Å². The zero-order valence-electron chi connectivity index (χ0n) is 9.07. The van der Waals surface area contributed by atoms with Crippen LogP contribution in [0.2, 0.25) is 5.02 Å². The molecule has 0 saturated heterocycles. The molecule has 0 saturated carbocycles. The van der Waals surface area contributed by atoms with Gasteiger partial charge in [-0.05, 0) is 24.3 Å². The number of carbonyl (C=O) groups excluding carboxylic acids is 1. The molecule has 0 aliphatic heterocycles. The molecule has 0 bridgehead atoms. The van der Waals surface area contributed by atoms with Gasteiger partial charge in [-0.15, -0.1) is 0 Å². The van der Waals surface area contributed by atoms with Crippen LogP contribution in [0, 0.1) is 0 Å². The van der Waals surface area contributed by atoms with Gasteiger partial charge in [0.05, 0.1) is 5.69 Å². The predicted octanol–water partition coefficient (Wildman–Crippen LogP) is 1.56. The van der Waals surface area contributed by atoms with E-state index in [0.717, 1.165) is 0 Å². The monoisotopic (exact) mass is 240 g/mol. The average molecular weight is 241 g/mol. The fourth-order valence-corrected chi connectivity index (χ4v) is 1.12. The number of hydrogen-bond donors (Lipinski definition) is 2. The molecule has 5 nitrogen and oxygen atoms in total. The normalized spacial score (nSPS) is 11.1. The Hall–Kier alpha value is -1.75. The second-order valence-electron chi connectivity index (χ2n) is 3.06. The van der Waals surface area contributed by atoms with Crippen molar-refractivity contribution in [1.82, 2.24) is 10.2 Å². The summed E-state index contributed by atoms with van der Waals surface area (Å²) in [4.78, 5) is 16.5. The number of aliphatic imine (C=N–C) groups is 1. The van der Waals surface area contributed by atoms with Crippen molar-refractivity contribution in [3.63, 3.8) is 0 Å². The Morgan fingerprint density at radius 3 is 2.50 bits per heavy atom. The van der Waals surface area contributed by atoms with Gasteiger partial charge in [-0.25, -0.2) is 9.79 Å². The van der Waals surface area contributed by atoms with Crippen LogP contribution in [0.1, 0.15) is 0 Å². The van der Waals surface area contributed by atoms with Gasteiger partial charge in [-0.1, -0.05) is 11.6 Å². The number of nitrogens with two attached hydrogens (primary N) is 1. The summed E-state index contributed by atoms with van der Waals surface area (Å²) in [5.74, 6) is 0.113. The number of guanidine groups is 1. The first kappa shape index (κ1) is 12.3. The molecule has 86 valence electrons. The van der Waals surface area contributed by atoms with Gasteiger partial charge in [0.1, 0.15) is 0 Å². The van der Waals surface area contributed by atoms with Crippen LogP contribution in [0.3, 0.4) is 0 Å². The van der Waals surface area contributed by atoms with Gasteiger partial charge < -0.3 is 11.1 Å². The maximum absolute atomic E-state index is 11.2. The van der Waals surface area contributed by atoms with Gasteiger partial charge in [0, 0.05) is 19.1 Å². The number of carbonyl (C=O) groups is 1. The second kappa shape index (κ2) is 5.37. The highest BCUT2D eigenvalue weighted by Crippen LogP contribution is 2.16. The summed E-state index contributed by atoms with van der Waals surface area (Å²) in [6.45, 7) is 0. The summed E-state index contributed by atoms with van der Waals surface area (Å²) in [7, 11) is 3.06. The lowest BCUT2D eigenvalue weighted by atomic mass is 10.3. The first-order valence-electron chi connectivity index (χ1n) is 4.59. The number of amides is 2. The van der Waals surface area contributed by atoms with Crippen molar-refractivity contribution >= 4 is 29.3 Å². The van der Waals surface area contributed by atoms with Crippen LogP contribution in [0.15, 0.2) is 29.3 Å². The van der Waals surface area contributed by atoms with Crippen molar-refractivity contribution in [1.29, 1.82) is 0 Å². The Kier molecular flexibility index (Phi) is 4.13. The first-order valence-corrected chi connectivity index (χ1v) is 4.97. The van der Waals surface area contributed by atoms with Gasteiger partial charge in [0.2, 0.25) is 5.96 Å². The zero-order valence-corrected chi connectivity index (χ0v) is 9.82. The zero-order chi connectivity index (χ0) is 12.1. The van der Waals surface area contributed by atoms with Crippen LogP contribution in [0.4, 0.5) is 10.5 Å². The smallest absolute Gasteiger partial charge is 0.323 e. The lowest BCUT2D eigenvalue weighted by Gasteiger charge is -2.14. The maximum atomic E-state index is 11.2. The van der Waals surface area contributed by atoms with Gasteiger partial charge >= 0.3 is 6.03 Å². The molecule has 0 spiro atoms. The van der Waals surface area contributed by atoms with Crippen molar-refractivity contribution in [2.45, 2.75) is 0 Å². The lowest BCUT2D eigenvalue weighted by Crippen LogP contribution is -2.43. The van der Waals surface area contributed by atoms with E-state index in [1.54, 1.807) is 24.3 Å². The summed E-state index contributed by atoms with van der Waals surface area (Å²) in [6.07, 6.45) is 0. The Labute approximate surface area is 98.9 Å². The van der Waals surface area contributed by atoms with Crippen LogP contribution < -0.4 is 11.1 Å². The fraction of sp³-hybridized carbons (Fsp3) is 0.200. The molecular weight excluding hydrogens is 228 g/mol. The summed E-state index contributed by atoms with van der Waals surface area (Å²) in [5, 5.41) is 3.07. The number of nitrogens with one attached hydrogen (secondary N) is 1. The molecule has 0 atom stereocenters. The maximum Gasteiger partial charge on any atom is 0.323 e. The van der Waals surface area contributed by atoms with E-state index in [9.17, 15) is 4.79 Å². The van der Waals surface area contributed by atoms with Crippen molar-refractivity contribution in [3.8, 4) is 0 Å². The highest BCUT2D eigenvalue weighted by atomic mass is 35.5. The molecular formula is C10H13ClN4O. The molecule has 3 N–H and O–H groups in total. The summed E-state index contributed by atoms with van der Waals surface area (Å²) >= 11 is 5.73. The van der Waals surface area contributed by atoms with Crippen molar-refractivity contribution in [2.75, 3.05) is 14.1 Å². The van der Waals surface area contributed by atoms with E-state index in [4.69, 9.17) is 17.3 Å². The molecule has 1 aromatic rings. The highest BCUT2D eigenvalue weighted by Gasteiger charge is 2.09. The number of halogens is 1. The SMILES string of the molecule is CNC(=O)N(C)C(N)=Nc1ccc(Cl)cc1. The van der Waals surface area contributed by atoms with Crippen LogP contribution >= 0.6 is 11.6 Å². The third-order valence-electron chi connectivity index (χ3n) is 1.93. The number of nitrogens with zero attached hydrogens (tertiary/aromatic N) is 2. The minimum Gasteiger partial charge on any atom is -0.369 e. The summed E-state index contributed by atoms with van der Waals surface area (Å²) in [6, 6.07) is 6.51. The predicted molar refractivity (Wildman–Crippen MR) is 65.0 cm³/mol. The molecule has 1 aromatic carbocycles. The standard InChI is InChI=1S/C10H13ClN4O/c1-13-10(16)15(2)9(12)14-8-5-3-7(11)4-6-8/h3-6H,1-2H3,(H2,12,14)(H,13,16). The Morgan fingerprint density at radius 2 is 2.00 bits per heavy atom. The third kappa shape index (κ3) is 3.13. The van der Waals surface area contributed by atoms with Crippen LogP contribution in [-0.4, -0.2) is 31.0 Å². The Balaban J connectivity index is 2.84. The van der Waals surface area contributed by atoms with E-state index < -0.39 is 0 Å². The van der Waals surface area contributed by atoms with Crippen molar-refractivity contribution in [2.24, 2.45) is 10.7 Å². The molecule has 0 unspecified atom stereocenters. The average Bonchev–Trinajstić information content (AvgIpc) is 2.30. The molecule has 0 aromatic heterocycles. The van der Waals surface area contributed by atoms with Crippen LogP contribution in [0.25, 0.3) is 0 Å². The van der Waals surface area contributed by atoms with Crippen molar-refractivity contribution < 1.29 is 4.79 Å². The van der Waals surface area contributed by atoms with E-state index in [-0.39, 0.29) is 12.0 Å². The highest BCUT2D eigenvalue weighted by molar-refractivity contribution is 6.30. The molecule has 0 fully saturated rings. The minimum absolute atomic E-state index is 0.113. The molecule has 0 aliphatic rings. The Bertz CT molecular complexity index is 402. The minimum atomic E-state index is -0.324. The molecule has 2 amide bonds. The van der Waals surface area contributed by atoms with E-state index in [2.05, 4.69) is 10.3 Å². The van der Waals surface area contributed by atoms with Crippen molar-refractivity contribution in [3.05, 3.63) is 29.3 Å². The molecule has 16 heavy (non-hydrogen) atoms. The molecule has 1 rings (SSSR count). The number of rotatable bonds is 1. The van der Waals surface area contributed by atoms with Crippen LogP contribution in [-0.2, 0) is 0 Å². The second-order valence-corrected chi connectivity index (χ2v) is 3.50. The van der Waals surface area contributed by atoms with E-state index in [1.165, 1.54) is 19.0 Å². The summed E-state index contributed by atoms with van der Waals surface area (Å²) in [5.41, 5.74) is 6.28. The topological polar surface area (TPSA) is 70.7 Å². The third-order valence-corrected chi connectivity index (χ3v) is 2.18. The van der Waals surface area contributed by atoms with E-state index >= 15 is 0 Å². The quantitative estimate of drug-likeness (QED) is 0.578. The van der Waals surface area contributed by atoms with Gasteiger partial charge in [0.15, 0.2) is 0 Å². The molecule has 6 heteroatoms. The fourth-order valence-electron chi connectivity index (χ4n) is 0.995. The largest absolute Gasteiger partial charge is 0.369 e. The summed E-state index contributed by atoms with van der Waals surface area (Å²) < 4.78 is 0. The van der Waals surface area contributed by atoms with E-state index in [0.29, 0.717) is 10.7 Å².